The van der Waals surface area contributed by atoms with Crippen LogP contribution in [0.25, 0.3) is 10.9 Å². The van der Waals surface area contributed by atoms with Crippen LogP contribution in [0.15, 0.2) is 63.4 Å². The molecule has 0 unspecified atom stereocenters. The number of nitro groups is 1. The van der Waals surface area contributed by atoms with Crippen LogP contribution in [-0.2, 0) is 6.54 Å². The first kappa shape index (κ1) is 19.3. The van der Waals surface area contributed by atoms with E-state index in [-0.39, 0.29) is 11.2 Å². The molecule has 9 heteroatoms. The molecule has 2 aromatic heterocycles. The van der Waals surface area contributed by atoms with Crippen molar-refractivity contribution in [1.29, 1.82) is 0 Å². The van der Waals surface area contributed by atoms with Crippen molar-refractivity contribution in [2.24, 2.45) is 0 Å². The second kappa shape index (κ2) is 8.52. The van der Waals surface area contributed by atoms with Crippen molar-refractivity contribution in [2.75, 3.05) is 0 Å². The molecule has 3 aromatic rings. The molecule has 0 atom stereocenters. The predicted octanol–water partition coefficient (Wildman–Crippen LogP) is 4.14. The molecule has 0 bridgehead atoms. The Morgan fingerprint density at radius 2 is 1.97 bits per heavy atom. The van der Waals surface area contributed by atoms with E-state index in [1.807, 2.05) is 12.1 Å². The number of fused-ring (bicyclic) bond motifs is 1. The van der Waals surface area contributed by atoms with Gasteiger partial charge < -0.3 is 0 Å². The second-order valence-electron chi connectivity index (χ2n) is 6.81. The molecule has 29 heavy (non-hydrogen) atoms. The van der Waals surface area contributed by atoms with Crippen LogP contribution in [-0.4, -0.2) is 24.4 Å². The monoisotopic (exact) mass is 409 g/mol. The van der Waals surface area contributed by atoms with Gasteiger partial charge in [-0.25, -0.2) is 15.0 Å². The van der Waals surface area contributed by atoms with Gasteiger partial charge >= 0.3 is 5.69 Å². The third-order valence-electron chi connectivity index (χ3n) is 4.88. The molecule has 0 N–H and O–H groups in total. The van der Waals surface area contributed by atoms with Crippen molar-refractivity contribution in [2.45, 2.75) is 49.0 Å². The summed E-state index contributed by atoms with van der Waals surface area (Å²) >= 11 is 1.14. The molecule has 0 saturated heterocycles. The van der Waals surface area contributed by atoms with Crippen molar-refractivity contribution in [1.82, 2.24) is 19.5 Å². The van der Waals surface area contributed by atoms with Gasteiger partial charge in [0.05, 0.1) is 15.8 Å². The Hall–Kier alpha value is -3.07. The van der Waals surface area contributed by atoms with Crippen LogP contribution in [0.3, 0.4) is 0 Å². The van der Waals surface area contributed by atoms with Gasteiger partial charge in [-0.15, -0.1) is 0 Å². The second-order valence-corrected chi connectivity index (χ2v) is 7.74. The molecule has 1 aliphatic carbocycles. The lowest BCUT2D eigenvalue weighted by Crippen LogP contribution is -2.24. The zero-order valence-electron chi connectivity index (χ0n) is 15.7. The fourth-order valence-corrected chi connectivity index (χ4v) is 4.15. The molecular weight excluding hydrogens is 390 g/mol. The van der Waals surface area contributed by atoms with Crippen molar-refractivity contribution >= 4 is 28.4 Å². The van der Waals surface area contributed by atoms with Crippen LogP contribution in [0.5, 0.6) is 0 Å². The third kappa shape index (κ3) is 4.34. The fourth-order valence-electron chi connectivity index (χ4n) is 3.35. The average molecular weight is 409 g/mol. The Morgan fingerprint density at radius 3 is 2.69 bits per heavy atom. The van der Waals surface area contributed by atoms with Gasteiger partial charge in [-0.2, -0.15) is 0 Å². The van der Waals surface area contributed by atoms with E-state index < -0.39 is 4.92 Å². The van der Waals surface area contributed by atoms with Gasteiger partial charge in [0, 0.05) is 6.54 Å². The summed E-state index contributed by atoms with van der Waals surface area (Å²) in [4.78, 5) is 36.1. The fraction of sp³-hybridized carbons (Fsp3) is 0.300. The van der Waals surface area contributed by atoms with Crippen LogP contribution < -0.4 is 5.56 Å². The molecule has 2 heterocycles. The molecule has 0 aliphatic heterocycles. The van der Waals surface area contributed by atoms with E-state index in [0.717, 1.165) is 43.4 Å². The van der Waals surface area contributed by atoms with E-state index in [2.05, 4.69) is 21.0 Å². The number of nitrogens with zero attached hydrogens (tertiary/aromatic N) is 5. The highest BCUT2D eigenvalue weighted by molar-refractivity contribution is 7.99. The summed E-state index contributed by atoms with van der Waals surface area (Å²) in [6.07, 6.45) is 9.97. The maximum atomic E-state index is 13.1. The number of allylic oxidation sites excluding steroid dienone is 2. The van der Waals surface area contributed by atoms with E-state index in [4.69, 9.17) is 0 Å². The lowest BCUT2D eigenvalue weighted by atomic mass is 9.97. The van der Waals surface area contributed by atoms with Gasteiger partial charge in [0.25, 0.3) is 5.56 Å². The highest BCUT2D eigenvalue weighted by atomic mass is 32.2. The first-order valence-corrected chi connectivity index (χ1v) is 10.3. The summed E-state index contributed by atoms with van der Waals surface area (Å²) < 4.78 is 1.66. The molecule has 8 nitrogen and oxygen atoms in total. The number of rotatable bonds is 6. The normalized spacial score (nSPS) is 14.0. The molecule has 148 valence electrons. The summed E-state index contributed by atoms with van der Waals surface area (Å²) in [6.45, 7) is 0.526. The van der Waals surface area contributed by atoms with E-state index in [1.54, 1.807) is 16.7 Å². The highest BCUT2D eigenvalue weighted by Crippen LogP contribution is 2.26. The minimum absolute atomic E-state index is 0.101. The molecular formula is C20H19N5O3S. The summed E-state index contributed by atoms with van der Waals surface area (Å²) in [5, 5.41) is 12.2. The van der Waals surface area contributed by atoms with Crippen molar-refractivity contribution in [3.63, 3.8) is 0 Å². The van der Waals surface area contributed by atoms with Gasteiger partial charge in [-0.05, 0) is 56.0 Å². The zero-order valence-corrected chi connectivity index (χ0v) is 16.5. The largest absolute Gasteiger partial charge is 0.305 e. The third-order valence-corrected chi connectivity index (χ3v) is 5.76. The van der Waals surface area contributed by atoms with E-state index in [9.17, 15) is 14.9 Å². The quantitative estimate of drug-likeness (QED) is 0.261. The van der Waals surface area contributed by atoms with Crippen LogP contribution in [0.1, 0.15) is 32.1 Å². The molecule has 0 fully saturated rings. The first-order chi connectivity index (χ1) is 14.1. The molecule has 0 spiro atoms. The topological polar surface area (TPSA) is 104 Å². The SMILES string of the molecule is O=c1c2ccccc2nc(Sc2ncc([N+](=O)[O-])cn2)n1CCC1=CCCCC1. The zero-order chi connectivity index (χ0) is 20.2. The summed E-state index contributed by atoms with van der Waals surface area (Å²) in [5.74, 6) is 0. The molecule has 4 rings (SSSR count). The first-order valence-electron chi connectivity index (χ1n) is 9.43. The molecule has 1 aromatic carbocycles. The van der Waals surface area contributed by atoms with E-state index in [0.29, 0.717) is 27.8 Å². The van der Waals surface area contributed by atoms with Crippen molar-refractivity contribution < 1.29 is 4.92 Å². The maximum Gasteiger partial charge on any atom is 0.305 e. The van der Waals surface area contributed by atoms with Gasteiger partial charge in [0.15, 0.2) is 10.3 Å². The Balaban J connectivity index is 1.69. The average Bonchev–Trinajstić information content (AvgIpc) is 2.75. The van der Waals surface area contributed by atoms with Gasteiger partial charge in [-0.1, -0.05) is 23.8 Å². The van der Waals surface area contributed by atoms with Crippen LogP contribution in [0.4, 0.5) is 5.69 Å². The Bertz CT molecular complexity index is 1140. The summed E-state index contributed by atoms with van der Waals surface area (Å²) in [7, 11) is 0. The lowest BCUT2D eigenvalue weighted by molar-refractivity contribution is -0.385. The van der Waals surface area contributed by atoms with E-state index >= 15 is 0 Å². The number of para-hydroxylation sites is 1. The maximum absolute atomic E-state index is 13.1. The molecule has 0 amide bonds. The number of benzene rings is 1. The standard InChI is InChI=1S/C20H19N5O3S/c26-18-16-8-4-5-9-17(16)23-20(24(18)11-10-14-6-2-1-3-7-14)29-19-21-12-15(13-22-19)25(27)28/h4-6,8-9,12-13H,1-3,7,10-11H2. The van der Waals surface area contributed by atoms with E-state index in [1.165, 1.54) is 18.4 Å². The number of hydrogen-bond acceptors (Lipinski definition) is 7. The molecule has 0 saturated carbocycles. The van der Waals surface area contributed by atoms with Crippen LogP contribution in [0.2, 0.25) is 0 Å². The smallest absolute Gasteiger partial charge is 0.286 e. The Morgan fingerprint density at radius 1 is 1.17 bits per heavy atom. The van der Waals surface area contributed by atoms with Gasteiger partial charge in [-0.3, -0.25) is 19.5 Å². The summed E-state index contributed by atoms with van der Waals surface area (Å²) in [6, 6.07) is 7.23. The highest BCUT2D eigenvalue weighted by Gasteiger charge is 2.15. The van der Waals surface area contributed by atoms with Crippen molar-refractivity contribution in [3.05, 3.63) is 68.8 Å². The minimum atomic E-state index is -0.545. The predicted molar refractivity (Wildman–Crippen MR) is 110 cm³/mol. The molecule has 0 radical (unpaired) electrons. The Labute approximate surface area is 170 Å². The van der Waals surface area contributed by atoms with Gasteiger partial charge in [0.2, 0.25) is 0 Å². The number of aromatic nitrogens is 4. The lowest BCUT2D eigenvalue weighted by Gasteiger charge is -2.16. The summed E-state index contributed by atoms with van der Waals surface area (Å²) in [5.41, 5.74) is 1.70. The van der Waals surface area contributed by atoms with Crippen molar-refractivity contribution in [3.8, 4) is 0 Å². The van der Waals surface area contributed by atoms with Gasteiger partial charge in [0.1, 0.15) is 12.4 Å². The minimum Gasteiger partial charge on any atom is -0.286 e. The number of hydrogen-bond donors (Lipinski definition) is 0. The van der Waals surface area contributed by atoms with Crippen LogP contribution in [0, 0.1) is 10.1 Å². The molecule has 1 aliphatic rings. The van der Waals surface area contributed by atoms with Crippen LogP contribution >= 0.6 is 11.8 Å². The Kier molecular flexibility index (Phi) is 5.66.